The Hall–Kier alpha value is -0.0304. The Kier molecular flexibility index (Phi) is 3.93. The van der Waals surface area contributed by atoms with Crippen LogP contribution >= 0.6 is 0 Å². The number of hydrogen-bond acceptors (Lipinski definition) is 1. The SMILES string of the molecule is C[Te]CC(O)c1ccccc1. The summed E-state index contributed by atoms with van der Waals surface area (Å²) < 4.78 is 0.981. The number of aliphatic hydroxyl groups excluding tert-OH is 1. The van der Waals surface area contributed by atoms with Gasteiger partial charge >= 0.3 is 77.5 Å². The minimum absolute atomic E-state index is 0.0400. The average molecular weight is 264 g/mol. The van der Waals surface area contributed by atoms with Crippen LogP contribution in [0.5, 0.6) is 0 Å². The van der Waals surface area contributed by atoms with Crippen molar-refractivity contribution < 1.29 is 5.11 Å². The van der Waals surface area contributed by atoms with Crippen LogP contribution in [0.1, 0.15) is 11.7 Å². The van der Waals surface area contributed by atoms with E-state index in [1.165, 1.54) is 0 Å². The summed E-state index contributed by atoms with van der Waals surface area (Å²) in [6, 6.07) is 9.86. The molecular formula is C9H12OTe. The van der Waals surface area contributed by atoms with Gasteiger partial charge in [0.05, 0.1) is 0 Å². The molecule has 0 amide bonds. The van der Waals surface area contributed by atoms with Crippen LogP contribution in [-0.4, -0.2) is 26.0 Å². The van der Waals surface area contributed by atoms with E-state index >= 15 is 0 Å². The van der Waals surface area contributed by atoms with Gasteiger partial charge in [-0.25, -0.2) is 0 Å². The van der Waals surface area contributed by atoms with Crippen molar-refractivity contribution in [3.8, 4) is 0 Å². The fraction of sp³-hybridized carbons (Fsp3) is 0.333. The van der Waals surface area contributed by atoms with E-state index in [1.54, 1.807) is 0 Å². The molecule has 2 heteroatoms. The van der Waals surface area contributed by atoms with Crippen LogP contribution in [0.15, 0.2) is 30.3 Å². The van der Waals surface area contributed by atoms with Crippen molar-refractivity contribution in [3.63, 3.8) is 0 Å². The number of rotatable bonds is 3. The second-order valence-electron chi connectivity index (χ2n) is 2.38. The van der Waals surface area contributed by atoms with Gasteiger partial charge in [-0.3, -0.25) is 0 Å². The second-order valence-corrected chi connectivity index (χ2v) is 4.98. The molecule has 0 aliphatic rings. The molecule has 0 radical (unpaired) electrons. The number of hydrogen-bond donors (Lipinski definition) is 1. The molecule has 1 nitrogen and oxygen atoms in total. The van der Waals surface area contributed by atoms with Crippen LogP contribution in [0.2, 0.25) is 9.44 Å². The van der Waals surface area contributed by atoms with Crippen LogP contribution in [0.4, 0.5) is 0 Å². The third-order valence-corrected chi connectivity index (χ3v) is 3.36. The first-order valence-corrected chi connectivity index (χ1v) is 7.54. The summed E-state index contributed by atoms with van der Waals surface area (Å²) in [4.78, 5) is 2.21. The summed E-state index contributed by atoms with van der Waals surface area (Å²) in [5.74, 6) is 0. The molecule has 0 spiro atoms. The average Bonchev–Trinajstić information content (AvgIpc) is 2.07. The molecule has 1 atom stereocenters. The Morgan fingerprint density at radius 2 is 2.00 bits per heavy atom. The number of benzene rings is 1. The normalized spacial score (nSPS) is 12.9. The zero-order valence-electron chi connectivity index (χ0n) is 6.53. The van der Waals surface area contributed by atoms with Crippen molar-refractivity contribution in [1.82, 2.24) is 0 Å². The van der Waals surface area contributed by atoms with Gasteiger partial charge in [-0.2, -0.15) is 0 Å². The van der Waals surface area contributed by atoms with Gasteiger partial charge < -0.3 is 0 Å². The van der Waals surface area contributed by atoms with Crippen LogP contribution < -0.4 is 0 Å². The first-order chi connectivity index (χ1) is 5.34. The summed E-state index contributed by atoms with van der Waals surface area (Å²) in [5.41, 5.74) is 1.06. The van der Waals surface area contributed by atoms with Crippen molar-refractivity contribution in [1.29, 1.82) is 0 Å². The molecule has 0 aliphatic carbocycles. The van der Waals surface area contributed by atoms with E-state index in [2.05, 4.69) is 4.97 Å². The van der Waals surface area contributed by atoms with Crippen LogP contribution in [0.25, 0.3) is 0 Å². The number of aliphatic hydroxyl groups is 1. The predicted octanol–water partition coefficient (Wildman–Crippen LogP) is 1.89. The first-order valence-electron chi connectivity index (χ1n) is 3.56. The molecule has 0 heterocycles. The standard InChI is InChI=1S/C9H12OTe/c1-11-7-9(10)8-5-3-2-4-6-8/h2-6,9-10H,7H2,1H3. The van der Waals surface area contributed by atoms with E-state index in [1.807, 2.05) is 30.3 Å². The Balaban J connectivity index is 2.61. The zero-order valence-corrected chi connectivity index (χ0v) is 8.86. The summed E-state index contributed by atoms with van der Waals surface area (Å²) in [7, 11) is 0. The fourth-order valence-corrected chi connectivity index (χ4v) is 2.38. The van der Waals surface area contributed by atoms with Gasteiger partial charge in [-0.05, 0) is 0 Å². The maximum absolute atomic E-state index is 9.55. The molecule has 0 aromatic heterocycles. The van der Waals surface area contributed by atoms with E-state index in [4.69, 9.17) is 0 Å². The Morgan fingerprint density at radius 1 is 1.36 bits per heavy atom. The molecule has 0 fully saturated rings. The first kappa shape index (κ1) is 9.06. The van der Waals surface area contributed by atoms with Gasteiger partial charge in [-0.15, -0.1) is 0 Å². The van der Waals surface area contributed by atoms with Crippen molar-refractivity contribution in [2.24, 2.45) is 0 Å². The molecule has 60 valence electrons. The minimum atomic E-state index is -0.219. The summed E-state index contributed by atoms with van der Waals surface area (Å²) in [5, 5.41) is 9.55. The molecule has 1 aromatic rings. The predicted molar refractivity (Wildman–Crippen MR) is 47.8 cm³/mol. The molecule has 0 aliphatic heterocycles. The van der Waals surface area contributed by atoms with E-state index in [9.17, 15) is 5.11 Å². The third-order valence-electron chi connectivity index (χ3n) is 1.51. The molecule has 0 bridgehead atoms. The van der Waals surface area contributed by atoms with E-state index in [0.717, 1.165) is 10.0 Å². The van der Waals surface area contributed by atoms with Crippen molar-refractivity contribution in [2.45, 2.75) is 15.5 Å². The van der Waals surface area contributed by atoms with Crippen LogP contribution in [0, 0.1) is 0 Å². The summed E-state index contributed by atoms with van der Waals surface area (Å²) in [6.45, 7) is 0. The molecule has 1 N–H and O–H groups in total. The van der Waals surface area contributed by atoms with Gasteiger partial charge in [0.2, 0.25) is 0 Å². The zero-order chi connectivity index (χ0) is 8.10. The van der Waals surface area contributed by atoms with Crippen LogP contribution in [0.3, 0.4) is 0 Å². The monoisotopic (exact) mass is 266 g/mol. The van der Waals surface area contributed by atoms with Crippen LogP contribution in [-0.2, 0) is 0 Å². The molecule has 1 aromatic carbocycles. The van der Waals surface area contributed by atoms with Crippen molar-refractivity contribution >= 4 is 20.9 Å². The fourth-order valence-electron chi connectivity index (χ4n) is 0.929. The summed E-state index contributed by atoms with van der Waals surface area (Å²) >= 11 is 0.0400. The van der Waals surface area contributed by atoms with Crippen molar-refractivity contribution in [2.75, 3.05) is 0 Å². The van der Waals surface area contributed by atoms with Gasteiger partial charge in [0.1, 0.15) is 0 Å². The van der Waals surface area contributed by atoms with Gasteiger partial charge in [-0.1, -0.05) is 0 Å². The Bertz CT molecular complexity index is 198. The van der Waals surface area contributed by atoms with Gasteiger partial charge in [0.15, 0.2) is 0 Å². The molecule has 1 unspecified atom stereocenters. The van der Waals surface area contributed by atoms with Gasteiger partial charge in [0.25, 0.3) is 0 Å². The Morgan fingerprint density at radius 3 is 2.55 bits per heavy atom. The topological polar surface area (TPSA) is 20.2 Å². The molecule has 0 saturated carbocycles. The van der Waals surface area contributed by atoms with E-state index in [0.29, 0.717) is 0 Å². The molecule has 1 rings (SSSR count). The maximum atomic E-state index is 9.55. The van der Waals surface area contributed by atoms with E-state index < -0.39 is 0 Å². The molecule has 11 heavy (non-hydrogen) atoms. The third kappa shape index (κ3) is 2.83. The van der Waals surface area contributed by atoms with E-state index in [-0.39, 0.29) is 27.0 Å². The quantitative estimate of drug-likeness (QED) is 0.826. The van der Waals surface area contributed by atoms with Gasteiger partial charge in [0, 0.05) is 0 Å². The molecular weight excluding hydrogens is 252 g/mol. The molecule has 0 saturated heterocycles. The Labute approximate surface area is 77.5 Å². The second kappa shape index (κ2) is 4.77. The van der Waals surface area contributed by atoms with Crippen molar-refractivity contribution in [3.05, 3.63) is 35.9 Å². The summed E-state index contributed by atoms with van der Waals surface area (Å²) in [6.07, 6.45) is -0.219.